The van der Waals surface area contributed by atoms with Gasteiger partial charge in [-0.1, -0.05) is 5.92 Å². The minimum Gasteiger partial charge on any atom is -0.477 e. The van der Waals surface area contributed by atoms with E-state index in [4.69, 9.17) is 12.2 Å². The molecule has 3 aliphatic rings. The van der Waals surface area contributed by atoms with Crippen molar-refractivity contribution in [1.82, 2.24) is 9.80 Å². The van der Waals surface area contributed by atoms with Gasteiger partial charge in [0, 0.05) is 17.9 Å². The molecule has 0 saturated carbocycles. The standard InChI is InChI=1S/C15H15N3O4S/c1-2-4-17-5-3-8(12(17)19)6-9-7-23-14-10(16)13(20)18(14)11(9)15(21)22/h1,6,10,14H,3-5,7,16H2,(H,21,22)/b8-6+/t10-,14-/m1/s1. The van der Waals surface area contributed by atoms with Crippen LogP contribution in [0.4, 0.5) is 0 Å². The van der Waals surface area contributed by atoms with Crippen LogP contribution in [0.5, 0.6) is 0 Å². The Morgan fingerprint density at radius 1 is 1.52 bits per heavy atom. The minimum atomic E-state index is -1.19. The van der Waals surface area contributed by atoms with Gasteiger partial charge in [0.1, 0.15) is 17.1 Å². The molecule has 3 heterocycles. The second-order valence-electron chi connectivity index (χ2n) is 5.46. The summed E-state index contributed by atoms with van der Waals surface area (Å²) in [6.07, 6.45) is 7.32. The number of carboxylic acid groups (broad SMARTS) is 1. The number of amides is 2. The number of thioether (sulfide) groups is 1. The largest absolute Gasteiger partial charge is 0.477 e. The number of carboxylic acids is 1. The van der Waals surface area contributed by atoms with Gasteiger partial charge in [0.15, 0.2) is 0 Å². The number of nitrogens with two attached hydrogens (primary N) is 1. The van der Waals surface area contributed by atoms with Gasteiger partial charge in [0.2, 0.25) is 5.91 Å². The van der Waals surface area contributed by atoms with Crippen molar-refractivity contribution in [2.24, 2.45) is 5.73 Å². The molecule has 0 radical (unpaired) electrons. The molecule has 0 aromatic carbocycles. The second-order valence-corrected chi connectivity index (χ2v) is 6.57. The van der Waals surface area contributed by atoms with E-state index in [1.807, 2.05) is 0 Å². The lowest BCUT2D eigenvalue weighted by Crippen LogP contribution is -2.68. The molecule has 120 valence electrons. The monoisotopic (exact) mass is 333 g/mol. The van der Waals surface area contributed by atoms with Gasteiger partial charge in [-0.05, 0) is 18.1 Å². The average molecular weight is 333 g/mol. The molecular formula is C15H15N3O4S. The van der Waals surface area contributed by atoms with Gasteiger partial charge in [0.25, 0.3) is 5.91 Å². The average Bonchev–Trinajstić information content (AvgIpc) is 2.87. The number of carbonyl (C=O) groups excluding carboxylic acids is 2. The summed E-state index contributed by atoms with van der Waals surface area (Å²) in [6, 6.07) is -0.664. The Labute approximate surface area is 137 Å². The van der Waals surface area contributed by atoms with Crippen LogP contribution < -0.4 is 5.73 Å². The molecule has 3 N–H and O–H groups in total. The van der Waals surface area contributed by atoms with Crippen molar-refractivity contribution in [2.75, 3.05) is 18.8 Å². The van der Waals surface area contributed by atoms with Crippen molar-refractivity contribution in [3.8, 4) is 12.3 Å². The molecule has 7 nitrogen and oxygen atoms in total. The Morgan fingerprint density at radius 2 is 2.26 bits per heavy atom. The summed E-state index contributed by atoms with van der Waals surface area (Å²) in [4.78, 5) is 38.4. The molecule has 2 amide bonds. The third-order valence-electron chi connectivity index (χ3n) is 4.09. The lowest BCUT2D eigenvalue weighted by Gasteiger charge is -2.47. The molecule has 0 aromatic heterocycles. The van der Waals surface area contributed by atoms with Crippen molar-refractivity contribution < 1.29 is 19.5 Å². The third-order valence-corrected chi connectivity index (χ3v) is 5.41. The summed E-state index contributed by atoms with van der Waals surface area (Å²) >= 11 is 1.41. The zero-order valence-electron chi connectivity index (χ0n) is 12.2. The van der Waals surface area contributed by atoms with Crippen LogP contribution in [0.3, 0.4) is 0 Å². The first kappa shape index (κ1) is 15.6. The van der Waals surface area contributed by atoms with Gasteiger partial charge in [-0.15, -0.1) is 18.2 Å². The van der Waals surface area contributed by atoms with Crippen LogP contribution in [-0.4, -0.2) is 62.9 Å². The first-order chi connectivity index (χ1) is 11.0. The zero-order chi connectivity index (χ0) is 16.7. The number of carbonyl (C=O) groups is 3. The number of rotatable bonds is 3. The van der Waals surface area contributed by atoms with Crippen LogP contribution >= 0.6 is 11.8 Å². The van der Waals surface area contributed by atoms with E-state index in [2.05, 4.69) is 5.92 Å². The van der Waals surface area contributed by atoms with E-state index in [-0.39, 0.29) is 23.5 Å². The van der Waals surface area contributed by atoms with Crippen molar-refractivity contribution in [1.29, 1.82) is 0 Å². The highest BCUT2D eigenvalue weighted by molar-refractivity contribution is 8.00. The zero-order valence-corrected chi connectivity index (χ0v) is 13.0. The van der Waals surface area contributed by atoms with E-state index in [0.29, 0.717) is 29.9 Å². The van der Waals surface area contributed by atoms with Crippen LogP contribution in [0.25, 0.3) is 0 Å². The molecule has 3 rings (SSSR count). The van der Waals surface area contributed by atoms with Crippen molar-refractivity contribution >= 4 is 29.5 Å². The number of nitrogens with zero attached hydrogens (tertiary/aromatic N) is 2. The fraction of sp³-hybridized carbons (Fsp3) is 0.400. The van der Waals surface area contributed by atoms with Gasteiger partial charge in [-0.2, -0.15) is 0 Å². The summed E-state index contributed by atoms with van der Waals surface area (Å²) in [5.74, 6) is 1.05. The first-order valence-corrected chi connectivity index (χ1v) is 8.10. The van der Waals surface area contributed by atoms with Crippen molar-refractivity contribution in [3.05, 3.63) is 22.9 Å². The highest BCUT2D eigenvalue weighted by Crippen LogP contribution is 2.40. The Morgan fingerprint density at radius 3 is 2.91 bits per heavy atom. The Kier molecular flexibility index (Phi) is 3.92. The Balaban J connectivity index is 1.93. The van der Waals surface area contributed by atoms with E-state index in [9.17, 15) is 19.5 Å². The topological polar surface area (TPSA) is 104 Å². The first-order valence-electron chi connectivity index (χ1n) is 7.05. The smallest absolute Gasteiger partial charge is 0.352 e. The normalized spacial score (nSPS) is 28.8. The minimum absolute atomic E-state index is 0.0730. The van der Waals surface area contributed by atoms with Gasteiger partial charge in [0.05, 0.1) is 6.54 Å². The number of hydrogen-bond donors (Lipinski definition) is 2. The Hall–Kier alpha value is -2.24. The summed E-state index contributed by atoms with van der Waals surface area (Å²) in [5.41, 5.74) is 6.61. The highest BCUT2D eigenvalue weighted by atomic mass is 32.2. The van der Waals surface area contributed by atoms with Crippen LogP contribution in [0, 0.1) is 12.3 Å². The third kappa shape index (κ3) is 2.42. The summed E-state index contributed by atoms with van der Waals surface area (Å²) < 4.78 is 0. The molecule has 0 aromatic rings. The predicted molar refractivity (Wildman–Crippen MR) is 83.8 cm³/mol. The molecular weight excluding hydrogens is 318 g/mol. The highest BCUT2D eigenvalue weighted by Gasteiger charge is 2.51. The number of aliphatic carboxylic acids is 1. The lowest BCUT2D eigenvalue weighted by molar-refractivity contribution is -0.147. The molecule has 0 aliphatic carbocycles. The van der Waals surface area contributed by atoms with E-state index in [0.717, 1.165) is 0 Å². The maximum Gasteiger partial charge on any atom is 0.352 e. The van der Waals surface area contributed by atoms with E-state index < -0.39 is 17.9 Å². The molecule has 0 unspecified atom stereocenters. The predicted octanol–water partition coefficient (Wildman–Crippen LogP) is -0.641. The van der Waals surface area contributed by atoms with Crippen LogP contribution in [0.2, 0.25) is 0 Å². The van der Waals surface area contributed by atoms with Gasteiger partial charge < -0.3 is 15.7 Å². The number of β-lactam (4-membered cyclic amide) rings is 1. The number of hydrogen-bond acceptors (Lipinski definition) is 5. The second kappa shape index (κ2) is 5.76. The van der Waals surface area contributed by atoms with Crippen LogP contribution in [0.15, 0.2) is 22.9 Å². The maximum atomic E-state index is 12.2. The SMILES string of the molecule is C#CCN1CC/C(=C\C2=C(C(=O)O)N3C(=O)[C@@H](N)[C@H]3SC2)C1=O. The number of terminal acetylenes is 1. The molecule has 8 heteroatoms. The lowest BCUT2D eigenvalue weighted by atomic mass is 10.0. The van der Waals surface area contributed by atoms with Crippen LogP contribution in [0.1, 0.15) is 6.42 Å². The molecule has 2 atom stereocenters. The van der Waals surface area contributed by atoms with E-state index >= 15 is 0 Å². The molecule has 0 bridgehead atoms. The van der Waals surface area contributed by atoms with Gasteiger partial charge in [-0.25, -0.2) is 4.79 Å². The summed E-state index contributed by atoms with van der Waals surface area (Å²) in [5, 5.41) is 9.12. The van der Waals surface area contributed by atoms with Crippen LogP contribution in [-0.2, 0) is 14.4 Å². The fourth-order valence-electron chi connectivity index (χ4n) is 2.92. The fourth-order valence-corrected chi connectivity index (χ4v) is 4.18. The summed E-state index contributed by atoms with van der Waals surface area (Å²) in [7, 11) is 0. The number of fused-ring (bicyclic) bond motifs is 1. The number of allylic oxidation sites excluding steroid dienone is 1. The molecule has 3 aliphatic heterocycles. The number of likely N-dealkylation sites (tertiary alicyclic amines) is 1. The van der Waals surface area contributed by atoms with Crippen molar-refractivity contribution in [2.45, 2.75) is 17.8 Å². The molecule has 0 spiro atoms. The molecule has 2 saturated heterocycles. The van der Waals surface area contributed by atoms with E-state index in [1.165, 1.54) is 21.6 Å². The van der Waals surface area contributed by atoms with Crippen molar-refractivity contribution in [3.63, 3.8) is 0 Å². The quantitative estimate of drug-likeness (QED) is 0.404. The van der Waals surface area contributed by atoms with Gasteiger partial charge >= 0.3 is 5.97 Å². The molecule has 2 fully saturated rings. The maximum absolute atomic E-state index is 12.2. The molecule has 23 heavy (non-hydrogen) atoms. The van der Waals surface area contributed by atoms with E-state index in [1.54, 1.807) is 6.08 Å². The van der Waals surface area contributed by atoms with Gasteiger partial charge in [-0.3, -0.25) is 14.5 Å². The summed E-state index contributed by atoms with van der Waals surface area (Å²) in [6.45, 7) is 0.755. The Bertz CT molecular complexity index is 706.